The highest BCUT2D eigenvalue weighted by Gasteiger charge is 2.15. The van der Waals surface area contributed by atoms with Crippen molar-refractivity contribution in [2.24, 2.45) is 0 Å². The van der Waals surface area contributed by atoms with E-state index < -0.39 is 0 Å². The molecule has 3 nitrogen and oxygen atoms in total. The number of benzene rings is 1. The maximum atomic E-state index is 5.36. The molecule has 1 atom stereocenters. The Kier molecular flexibility index (Phi) is 3.89. The van der Waals surface area contributed by atoms with Crippen LogP contribution in [0.5, 0.6) is 11.5 Å². The van der Waals surface area contributed by atoms with Crippen LogP contribution in [0.15, 0.2) is 18.2 Å². The van der Waals surface area contributed by atoms with Gasteiger partial charge >= 0.3 is 0 Å². The molecule has 1 heterocycles. The summed E-state index contributed by atoms with van der Waals surface area (Å²) >= 11 is 0. The van der Waals surface area contributed by atoms with Crippen molar-refractivity contribution in [3.8, 4) is 23.3 Å². The molecule has 1 aliphatic rings. The maximum Gasteiger partial charge on any atom is 0.231 e. The summed E-state index contributed by atoms with van der Waals surface area (Å²) in [6.07, 6.45) is 0.880. The summed E-state index contributed by atoms with van der Waals surface area (Å²) in [6.45, 7) is 5.22. The van der Waals surface area contributed by atoms with Crippen LogP contribution in [0, 0.1) is 11.8 Å². The molecule has 0 aliphatic carbocycles. The highest BCUT2D eigenvalue weighted by Crippen LogP contribution is 2.33. The van der Waals surface area contributed by atoms with E-state index in [1.807, 2.05) is 19.1 Å². The first-order valence-electron chi connectivity index (χ1n) is 5.84. The molecule has 0 fully saturated rings. The van der Waals surface area contributed by atoms with Crippen molar-refractivity contribution in [2.75, 3.05) is 13.3 Å². The summed E-state index contributed by atoms with van der Waals surface area (Å²) < 4.78 is 10.6. The number of nitrogens with one attached hydrogen (secondary N) is 1. The van der Waals surface area contributed by atoms with Gasteiger partial charge in [-0.15, -0.1) is 11.8 Å². The Balaban J connectivity index is 1.94. The molecule has 0 radical (unpaired) electrons. The molecular formula is C14H17NO2. The lowest BCUT2D eigenvalue weighted by atomic mass is 10.1. The maximum absolute atomic E-state index is 5.36. The van der Waals surface area contributed by atoms with E-state index >= 15 is 0 Å². The standard InChI is InChI=1S/C14H17NO2/c1-3-4-5-8-15-11(2)12-6-7-13-14(9-12)17-10-16-13/h6-7,9,11,15H,5,8,10H2,1-2H3. The van der Waals surface area contributed by atoms with Crippen molar-refractivity contribution in [2.45, 2.75) is 26.3 Å². The molecule has 0 amide bonds. The Morgan fingerprint density at radius 2 is 2.18 bits per heavy atom. The zero-order chi connectivity index (χ0) is 12.1. The van der Waals surface area contributed by atoms with Gasteiger partial charge in [-0.3, -0.25) is 0 Å². The third kappa shape index (κ3) is 2.92. The fraction of sp³-hybridized carbons (Fsp3) is 0.429. The summed E-state index contributed by atoms with van der Waals surface area (Å²) in [5.74, 6) is 7.60. The van der Waals surface area contributed by atoms with Gasteiger partial charge in [0.15, 0.2) is 11.5 Å². The van der Waals surface area contributed by atoms with E-state index in [2.05, 4.69) is 30.1 Å². The van der Waals surface area contributed by atoms with Crippen LogP contribution in [0.1, 0.15) is 31.9 Å². The molecule has 0 aromatic heterocycles. The quantitative estimate of drug-likeness (QED) is 0.638. The second-order valence-electron chi connectivity index (χ2n) is 3.97. The molecular weight excluding hydrogens is 214 g/mol. The van der Waals surface area contributed by atoms with Crippen LogP contribution in [0.25, 0.3) is 0 Å². The van der Waals surface area contributed by atoms with Gasteiger partial charge in [0.05, 0.1) is 0 Å². The van der Waals surface area contributed by atoms with E-state index in [4.69, 9.17) is 9.47 Å². The SMILES string of the molecule is CC#CCCNC(C)c1ccc2c(c1)OCO2. The second kappa shape index (κ2) is 5.60. The summed E-state index contributed by atoms with van der Waals surface area (Å²) in [7, 11) is 0. The number of fused-ring (bicyclic) bond motifs is 1. The van der Waals surface area contributed by atoms with Gasteiger partial charge in [0.2, 0.25) is 6.79 Å². The van der Waals surface area contributed by atoms with E-state index in [-0.39, 0.29) is 0 Å². The molecule has 0 saturated carbocycles. The van der Waals surface area contributed by atoms with Gasteiger partial charge < -0.3 is 14.8 Å². The summed E-state index contributed by atoms with van der Waals surface area (Å²) in [4.78, 5) is 0. The van der Waals surface area contributed by atoms with Crippen molar-refractivity contribution in [1.29, 1.82) is 0 Å². The van der Waals surface area contributed by atoms with Crippen LogP contribution < -0.4 is 14.8 Å². The minimum absolute atomic E-state index is 0.295. The van der Waals surface area contributed by atoms with E-state index in [1.54, 1.807) is 0 Å². The van der Waals surface area contributed by atoms with Crippen LogP contribution in [-0.2, 0) is 0 Å². The summed E-state index contributed by atoms with van der Waals surface area (Å²) in [5, 5.41) is 3.43. The van der Waals surface area contributed by atoms with Gasteiger partial charge in [0.1, 0.15) is 0 Å². The van der Waals surface area contributed by atoms with Gasteiger partial charge in [0.25, 0.3) is 0 Å². The fourth-order valence-corrected chi connectivity index (χ4v) is 1.78. The predicted molar refractivity (Wildman–Crippen MR) is 67.0 cm³/mol. The average molecular weight is 231 g/mol. The first kappa shape index (κ1) is 11.8. The number of rotatable bonds is 4. The van der Waals surface area contributed by atoms with Crippen molar-refractivity contribution in [1.82, 2.24) is 5.32 Å². The Bertz CT molecular complexity index is 445. The Hall–Kier alpha value is -1.66. The van der Waals surface area contributed by atoms with E-state index in [9.17, 15) is 0 Å². The van der Waals surface area contributed by atoms with Gasteiger partial charge in [-0.1, -0.05) is 6.07 Å². The third-order valence-corrected chi connectivity index (χ3v) is 2.77. The molecule has 90 valence electrons. The second-order valence-corrected chi connectivity index (χ2v) is 3.97. The largest absolute Gasteiger partial charge is 0.454 e. The number of hydrogen-bond acceptors (Lipinski definition) is 3. The van der Waals surface area contributed by atoms with Gasteiger partial charge in [-0.2, -0.15) is 0 Å². The third-order valence-electron chi connectivity index (χ3n) is 2.77. The Morgan fingerprint density at radius 1 is 1.35 bits per heavy atom. The number of ether oxygens (including phenoxy) is 2. The zero-order valence-electron chi connectivity index (χ0n) is 10.2. The highest BCUT2D eigenvalue weighted by atomic mass is 16.7. The monoisotopic (exact) mass is 231 g/mol. The van der Waals surface area contributed by atoms with Crippen molar-refractivity contribution < 1.29 is 9.47 Å². The van der Waals surface area contributed by atoms with Crippen molar-refractivity contribution >= 4 is 0 Å². The van der Waals surface area contributed by atoms with E-state index in [0.29, 0.717) is 12.8 Å². The van der Waals surface area contributed by atoms with Crippen LogP contribution >= 0.6 is 0 Å². The minimum atomic E-state index is 0.295. The van der Waals surface area contributed by atoms with Crippen LogP contribution in [-0.4, -0.2) is 13.3 Å². The molecule has 1 N–H and O–H groups in total. The Labute approximate surface area is 102 Å². The highest BCUT2D eigenvalue weighted by molar-refractivity contribution is 5.45. The molecule has 1 aromatic rings. The molecule has 0 saturated heterocycles. The summed E-state index contributed by atoms with van der Waals surface area (Å²) in [5.41, 5.74) is 1.21. The average Bonchev–Trinajstić information content (AvgIpc) is 2.81. The molecule has 0 spiro atoms. The van der Waals surface area contributed by atoms with Gasteiger partial charge in [-0.25, -0.2) is 0 Å². The van der Waals surface area contributed by atoms with Crippen molar-refractivity contribution in [3.63, 3.8) is 0 Å². The summed E-state index contributed by atoms with van der Waals surface area (Å²) in [6, 6.07) is 6.35. The lowest BCUT2D eigenvalue weighted by Crippen LogP contribution is -2.19. The van der Waals surface area contributed by atoms with Crippen LogP contribution in [0.4, 0.5) is 0 Å². The minimum Gasteiger partial charge on any atom is -0.454 e. The van der Waals surface area contributed by atoms with E-state index in [1.165, 1.54) is 5.56 Å². The topological polar surface area (TPSA) is 30.5 Å². The normalized spacial score (nSPS) is 14.0. The molecule has 1 aliphatic heterocycles. The molecule has 2 rings (SSSR count). The smallest absolute Gasteiger partial charge is 0.231 e. The van der Waals surface area contributed by atoms with Gasteiger partial charge in [0, 0.05) is 19.0 Å². The van der Waals surface area contributed by atoms with Crippen molar-refractivity contribution in [3.05, 3.63) is 23.8 Å². The first-order chi connectivity index (χ1) is 8.31. The lowest BCUT2D eigenvalue weighted by molar-refractivity contribution is 0.174. The zero-order valence-corrected chi connectivity index (χ0v) is 10.2. The van der Waals surface area contributed by atoms with Crippen LogP contribution in [0.3, 0.4) is 0 Å². The molecule has 0 bridgehead atoms. The number of hydrogen-bond donors (Lipinski definition) is 1. The van der Waals surface area contributed by atoms with Gasteiger partial charge in [-0.05, 0) is 31.5 Å². The molecule has 3 heteroatoms. The molecule has 17 heavy (non-hydrogen) atoms. The lowest BCUT2D eigenvalue weighted by Gasteiger charge is -2.13. The molecule has 1 unspecified atom stereocenters. The first-order valence-corrected chi connectivity index (χ1v) is 5.84. The fourth-order valence-electron chi connectivity index (χ4n) is 1.78. The predicted octanol–water partition coefficient (Wildman–Crippen LogP) is 2.48. The van der Waals surface area contributed by atoms with E-state index in [0.717, 1.165) is 24.5 Å². The van der Waals surface area contributed by atoms with Crippen LogP contribution in [0.2, 0.25) is 0 Å². The molecule has 1 aromatic carbocycles. The Morgan fingerprint density at radius 3 is 3.00 bits per heavy atom.